The van der Waals surface area contributed by atoms with Crippen molar-refractivity contribution in [1.29, 1.82) is 0 Å². The number of aromatic carboxylic acids is 1. The fourth-order valence-corrected chi connectivity index (χ4v) is 2.76. The van der Waals surface area contributed by atoms with Gasteiger partial charge in [-0.05, 0) is 36.6 Å². The molecular formula is C19H20N2O4. The molecule has 2 aromatic carbocycles. The molecule has 3 rings (SSSR count). The Hall–Kier alpha value is -3.02. The summed E-state index contributed by atoms with van der Waals surface area (Å²) < 4.78 is 5.19. The van der Waals surface area contributed by atoms with E-state index in [-0.39, 0.29) is 24.3 Å². The van der Waals surface area contributed by atoms with Crippen LogP contribution in [-0.2, 0) is 11.3 Å². The molecule has 0 radical (unpaired) electrons. The molecule has 1 aliphatic rings. The lowest BCUT2D eigenvalue weighted by Crippen LogP contribution is -2.49. The first-order chi connectivity index (χ1) is 12.1. The van der Waals surface area contributed by atoms with Gasteiger partial charge in [-0.2, -0.15) is 0 Å². The van der Waals surface area contributed by atoms with Crippen molar-refractivity contribution in [1.82, 2.24) is 5.32 Å². The van der Waals surface area contributed by atoms with E-state index in [9.17, 15) is 9.59 Å². The molecular weight excluding hydrogens is 320 g/mol. The van der Waals surface area contributed by atoms with Gasteiger partial charge in [-0.25, -0.2) is 9.59 Å². The van der Waals surface area contributed by atoms with Crippen LogP contribution in [-0.4, -0.2) is 29.3 Å². The Morgan fingerprint density at radius 1 is 1.04 bits per heavy atom. The molecule has 0 spiro atoms. The van der Waals surface area contributed by atoms with Crippen molar-refractivity contribution >= 4 is 17.7 Å². The van der Waals surface area contributed by atoms with Gasteiger partial charge in [-0.1, -0.05) is 36.4 Å². The molecule has 0 unspecified atom stereocenters. The number of rotatable bonds is 6. The maximum atomic E-state index is 11.8. The zero-order valence-corrected chi connectivity index (χ0v) is 13.6. The Kier molecular flexibility index (Phi) is 5.18. The van der Waals surface area contributed by atoms with Crippen molar-refractivity contribution in [3.05, 3.63) is 65.7 Å². The van der Waals surface area contributed by atoms with Gasteiger partial charge in [0.1, 0.15) is 6.61 Å². The molecule has 1 aliphatic carbocycles. The van der Waals surface area contributed by atoms with Crippen LogP contribution < -0.4 is 10.6 Å². The van der Waals surface area contributed by atoms with E-state index in [4.69, 9.17) is 9.84 Å². The molecule has 0 saturated heterocycles. The van der Waals surface area contributed by atoms with E-state index in [0.29, 0.717) is 0 Å². The van der Waals surface area contributed by atoms with Gasteiger partial charge in [-0.3, -0.25) is 0 Å². The summed E-state index contributed by atoms with van der Waals surface area (Å²) in [6.45, 7) is 0.253. The summed E-state index contributed by atoms with van der Waals surface area (Å²) in [6.07, 6.45) is 1.13. The van der Waals surface area contributed by atoms with E-state index in [1.807, 2.05) is 36.4 Å². The number of carboxylic acids is 1. The largest absolute Gasteiger partial charge is 0.478 e. The second-order valence-electron chi connectivity index (χ2n) is 6.10. The zero-order chi connectivity index (χ0) is 17.6. The SMILES string of the molecule is O=C(NC1CC(Nc2cccc(C(=O)O)c2)C1)OCc1ccccc1. The predicted molar refractivity (Wildman–Crippen MR) is 93.6 cm³/mol. The maximum absolute atomic E-state index is 11.8. The number of carbonyl (C=O) groups is 2. The number of benzene rings is 2. The Morgan fingerprint density at radius 3 is 2.52 bits per heavy atom. The third-order valence-corrected chi connectivity index (χ3v) is 4.15. The molecule has 0 bridgehead atoms. The molecule has 1 fully saturated rings. The highest BCUT2D eigenvalue weighted by Gasteiger charge is 2.30. The smallest absolute Gasteiger partial charge is 0.407 e. The van der Waals surface area contributed by atoms with Gasteiger partial charge in [0.2, 0.25) is 0 Å². The van der Waals surface area contributed by atoms with Crippen molar-refractivity contribution in [3.8, 4) is 0 Å². The first kappa shape index (κ1) is 16.8. The van der Waals surface area contributed by atoms with Crippen molar-refractivity contribution in [3.63, 3.8) is 0 Å². The van der Waals surface area contributed by atoms with Crippen molar-refractivity contribution in [2.75, 3.05) is 5.32 Å². The van der Waals surface area contributed by atoms with E-state index in [1.165, 1.54) is 0 Å². The lowest BCUT2D eigenvalue weighted by molar-refractivity contribution is 0.0696. The fraction of sp³-hybridized carbons (Fsp3) is 0.263. The van der Waals surface area contributed by atoms with Crippen LogP contribution in [0.3, 0.4) is 0 Å². The molecule has 0 aromatic heterocycles. The van der Waals surface area contributed by atoms with Gasteiger partial charge in [0.25, 0.3) is 0 Å². The molecule has 130 valence electrons. The van der Waals surface area contributed by atoms with Crippen LogP contribution in [0.25, 0.3) is 0 Å². The van der Waals surface area contributed by atoms with E-state index in [1.54, 1.807) is 18.2 Å². The summed E-state index contributed by atoms with van der Waals surface area (Å²) in [6, 6.07) is 16.5. The molecule has 3 N–H and O–H groups in total. The number of hydrogen-bond donors (Lipinski definition) is 3. The van der Waals surface area contributed by atoms with Gasteiger partial charge in [0.05, 0.1) is 5.56 Å². The van der Waals surface area contributed by atoms with Crippen molar-refractivity contribution < 1.29 is 19.4 Å². The minimum atomic E-state index is -0.946. The number of ether oxygens (including phenoxy) is 1. The summed E-state index contributed by atoms with van der Waals surface area (Å²) in [7, 11) is 0. The van der Waals surface area contributed by atoms with Crippen LogP contribution in [0, 0.1) is 0 Å². The second kappa shape index (κ2) is 7.70. The summed E-state index contributed by atoms with van der Waals surface area (Å²) >= 11 is 0. The lowest BCUT2D eigenvalue weighted by atomic mass is 9.86. The quantitative estimate of drug-likeness (QED) is 0.751. The Balaban J connectivity index is 1.38. The van der Waals surface area contributed by atoms with Crippen LogP contribution in [0.5, 0.6) is 0 Å². The fourth-order valence-electron chi connectivity index (χ4n) is 2.76. The first-order valence-electron chi connectivity index (χ1n) is 8.17. The lowest BCUT2D eigenvalue weighted by Gasteiger charge is -2.36. The average Bonchev–Trinajstić information content (AvgIpc) is 2.59. The number of anilines is 1. The topological polar surface area (TPSA) is 87.7 Å². The standard InChI is InChI=1S/C19H20N2O4/c22-18(23)14-7-4-8-15(9-14)20-16-10-17(11-16)21-19(24)25-12-13-5-2-1-3-6-13/h1-9,16-17,20H,10-12H2,(H,21,24)(H,22,23). The van der Waals surface area contributed by atoms with E-state index in [0.717, 1.165) is 24.1 Å². The molecule has 1 amide bonds. The highest BCUT2D eigenvalue weighted by molar-refractivity contribution is 5.88. The molecule has 6 nitrogen and oxygen atoms in total. The van der Waals surface area contributed by atoms with Gasteiger partial charge in [0, 0.05) is 17.8 Å². The number of alkyl carbamates (subject to hydrolysis) is 1. The number of amides is 1. The molecule has 0 heterocycles. The molecule has 25 heavy (non-hydrogen) atoms. The predicted octanol–water partition coefficient (Wildman–Crippen LogP) is 3.25. The number of nitrogens with one attached hydrogen (secondary N) is 2. The number of carboxylic acid groups (broad SMARTS) is 1. The molecule has 2 aromatic rings. The van der Waals surface area contributed by atoms with E-state index in [2.05, 4.69) is 10.6 Å². The number of carbonyl (C=O) groups excluding carboxylic acids is 1. The highest BCUT2D eigenvalue weighted by atomic mass is 16.5. The van der Waals surface area contributed by atoms with Crippen molar-refractivity contribution in [2.45, 2.75) is 31.5 Å². The summed E-state index contributed by atoms with van der Waals surface area (Å²) in [5.41, 5.74) is 1.97. The molecule has 0 aliphatic heterocycles. The third-order valence-electron chi connectivity index (χ3n) is 4.15. The average molecular weight is 340 g/mol. The molecule has 1 saturated carbocycles. The van der Waals surface area contributed by atoms with Gasteiger partial charge in [-0.15, -0.1) is 0 Å². The summed E-state index contributed by atoms with van der Waals surface area (Å²) in [4.78, 5) is 22.8. The van der Waals surface area contributed by atoms with Crippen LogP contribution in [0.15, 0.2) is 54.6 Å². The van der Waals surface area contributed by atoms with Crippen molar-refractivity contribution in [2.24, 2.45) is 0 Å². The zero-order valence-electron chi connectivity index (χ0n) is 13.6. The van der Waals surface area contributed by atoms with Gasteiger partial charge in [0.15, 0.2) is 0 Å². The summed E-state index contributed by atoms with van der Waals surface area (Å²) in [5, 5.41) is 15.1. The van der Waals surface area contributed by atoms with Gasteiger partial charge < -0.3 is 20.5 Å². The first-order valence-corrected chi connectivity index (χ1v) is 8.17. The molecule has 6 heteroatoms. The Labute approximate surface area is 145 Å². The summed E-state index contributed by atoms with van der Waals surface area (Å²) in [5.74, 6) is -0.946. The Morgan fingerprint density at radius 2 is 1.80 bits per heavy atom. The normalized spacial score (nSPS) is 18.7. The molecule has 0 atom stereocenters. The van der Waals surface area contributed by atoms with Crippen LogP contribution in [0.1, 0.15) is 28.8 Å². The van der Waals surface area contributed by atoms with E-state index >= 15 is 0 Å². The van der Waals surface area contributed by atoms with Crippen LogP contribution in [0.2, 0.25) is 0 Å². The highest BCUT2D eigenvalue weighted by Crippen LogP contribution is 2.25. The minimum Gasteiger partial charge on any atom is -0.478 e. The monoisotopic (exact) mass is 340 g/mol. The van der Waals surface area contributed by atoms with E-state index < -0.39 is 12.1 Å². The number of hydrogen-bond acceptors (Lipinski definition) is 4. The van der Waals surface area contributed by atoms with Crippen LogP contribution in [0.4, 0.5) is 10.5 Å². The second-order valence-corrected chi connectivity index (χ2v) is 6.10. The van der Waals surface area contributed by atoms with Gasteiger partial charge >= 0.3 is 12.1 Å². The third kappa shape index (κ3) is 4.73. The minimum absolute atomic E-state index is 0.0726. The maximum Gasteiger partial charge on any atom is 0.407 e. The Bertz CT molecular complexity index is 742. The van der Waals surface area contributed by atoms with Crippen LogP contribution >= 0.6 is 0 Å².